The first kappa shape index (κ1) is 89.5. The summed E-state index contributed by atoms with van der Waals surface area (Å²) in [7, 11) is 1.39. The number of hydrogen-bond acceptors (Lipinski definition) is 17. The highest BCUT2D eigenvalue weighted by molar-refractivity contribution is 7.99. The molecule has 33 nitrogen and oxygen atoms in total. The van der Waals surface area contributed by atoms with Crippen molar-refractivity contribution in [3.05, 3.63) is 46.5 Å². The third-order valence-corrected chi connectivity index (χ3v) is 18.5. The maximum absolute atomic E-state index is 16.4. The van der Waals surface area contributed by atoms with E-state index in [0.717, 1.165) is 0 Å². The number of fused-ring (bicyclic) bond motifs is 2. The molecule has 0 fully saturated rings. The zero-order valence-corrected chi connectivity index (χ0v) is 60.0. The van der Waals surface area contributed by atoms with Gasteiger partial charge in [0.25, 0.3) is 0 Å². The number of amides is 6. The normalized spacial score (nSPS) is 19.8. The summed E-state index contributed by atoms with van der Waals surface area (Å²) < 4.78 is 130. The Morgan fingerprint density at radius 3 is 1.04 bits per heavy atom. The summed E-state index contributed by atoms with van der Waals surface area (Å²) in [5.74, 6) is -34.0. The summed E-state index contributed by atoms with van der Waals surface area (Å²) in [6.45, 7) is 1.63. The fourth-order valence-electron chi connectivity index (χ4n) is 10.4. The fraction of sp³-hybridized carbons (Fsp3) is 0.581. The molecule has 8 atom stereocenters. The van der Waals surface area contributed by atoms with Crippen LogP contribution >= 0.6 is 23.5 Å². The van der Waals surface area contributed by atoms with Crippen molar-refractivity contribution in [1.29, 1.82) is 0 Å². The van der Waals surface area contributed by atoms with Crippen LogP contribution < -0.4 is 106 Å². The SMILES string of the molecule is CNC1CCC(CCCN=C(N)N)C(=O)NC(CCCN=C(N)N)C(=O)NC(CCCN=C(N)N)C(=O)NC(CCCN=C(N)N)C(=O)NC(CCCN=C(N)N)C(=O)NC(CCCN=C(N)N)C(=O)CC(C(=O)NCC(=O)C(C)C)CSc2c(F)c(F)c(c(F)c2F)-c2c(F)c(F)c(c(F)c2F)SC1. The molecular weight excluding hydrogens is 1440 g/mol. The van der Waals surface area contributed by atoms with Gasteiger partial charge in [-0.15, -0.1) is 23.5 Å². The van der Waals surface area contributed by atoms with Gasteiger partial charge in [0.15, 0.2) is 93.9 Å². The third-order valence-electron chi connectivity index (χ3n) is 16.1. The number of carbonyl (C=O) groups excluding carboxylic acids is 8. The predicted octanol–water partition coefficient (Wildman–Crippen LogP) is -1.69. The number of aliphatic imine (C=N–C) groups is 6. The summed E-state index contributed by atoms with van der Waals surface area (Å²) in [5, 5.41) is 18.2. The average molecular weight is 1540 g/mol. The van der Waals surface area contributed by atoms with Gasteiger partial charge in [-0.2, -0.15) is 0 Å². The maximum Gasteiger partial charge on any atom is 0.243 e. The Morgan fingerprint density at radius 1 is 0.429 bits per heavy atom. The molecule has 105 heavy (non-hydrogen) atoms. The Labute approximate surface area is 609 Å². The van der Waals surface area contributed by atoms with Crippen LogP contribution in [-0.2, 0) is 38.4 Å². The molecule has 0 saturated heterocycles. The number of nitrogens with two attached hydrogens (primary N) is 12. The number of thioether (sulfide) groups is 2. The first-order chi connectivity index (χ1) is 49.5. The van der Waals surface area contributed by atoms with Crippen molar-refractivity contribution in [2.24, 2.45) is 117 Å². The molecule has 0 spiro atoms. The van der Waals surface area contributed by atoms with Crippen LogP contribution in [0.2, 0.25) is 0 Å². The fourth-order valence-corrected chi connectivity index (χ4v) is 12.6. The molecule has 43 heteroatoms. The number of guanidine groups is 6. The topological polar surface area (TPSA) is 607 Å². The van der Waals surface area contributed by atoms with E-state index in [1.54, 1.807) is 0 Å². The molecule has 4 bridgehead atoms. The number of nitrogens with zero attached hydrogens (tertiary/aromatic N) is 6. The number of Topliss-reactive ketones (excluding diaryl/α,β-unsaturated/α-hetero) is 2. The van der Waals surface area contributed by atoms with Crippen molar-refractivity contribution in [2.75, 3.05) is 64.4 Å². The van der Waals surface area contributed by atoms with E-state index in [1.165, 1.54) is 20.9 Å². The van der Waals surface area contributed by atoms with Crippen LogP contribution in [0.3, 0.4) is 0 Å². The van der Waals surface area contributed by atoms with E-state index in [9.17, 15) is 38.4 Å². The number of halogens is 8. The number of carbonyl (C=O) groups is 8. The van der Waals surface area contributed by atoms with Gasteiger partial charge in [0.1, 0.15) is 24.2 Å². The number of hydrogen-bond donors (Lipinski definition) is 19. The number of rotatable bonds is 29. The van der Waals surface area contributed by atoms with Crippen molar-refractivity contribution in [1.82, 2.24) is 37.2 Å². The second-order valence-corrected chi connectivity index (χ2v) is 26.6. The van der Waals surface area contributed by atoms with Gasteiger partial charge >= 0.3 is 0 Å². The minimum atomic E-state index is -2.56. The molecule has 8 unspecified atom stereocenters. The Kier molecular flexibility index (Phi) is 38.8. The molecule has 586 valence electrons. The van der Waals surface area contributed by atoms with Crippen LogP contribution in [0.5, 0.6) is 0 Å². The highest BCUT2D eigenvalue weighted by Crippen LogP contribution is 2.43. The van der Waals surface area contributed by atoms with Gasteiger partial charge in [0.2, 0.25) is 35.4 Å². The lowest BCUT2D eigenvalue weighted by molar-refractivity contribution is -0.136. The first-order valence-corrected chi connectivity index (χ1v) is 35.3. The lowest BCUT2D eigenvalue weighted by atomic mass is 9.94. The van der Waals surface area contributed by atoms with Crippen molar-refractivity contribution < 1.29 is 73.5 Å². The van der Waals surface area contributed by atoms with Gasteiger partial charge in [-0.1, -0.05) is 13.8 Å². The van der Waals surface area contributed by atoms with Crippen molar-refractivity contribution in [2.45, 2.75) is 156 Å². The molecular formula is C62H97F8N25O8S2. The standard InChI is InChI=1S/C62H97F8N25O8S2/c1-28(2)38(97)25-90-51(98)30-24-37(96)32(11-5-19-85-58(73)74)91-53(100)34(13-7-21-87-60(77)78)93-55(102)36(15-9-23-89-62(81)82)95-56(103)35(14-8-22-88-61(79)80)94-54(101)33(12-6-20-86-59(75)76)92-52(99)29(10-4-18-84-57(71)72)16-17-31(83-3)27-105-50-47(69)43(65)40(44(66)48(50)70)39-41(63)45(67)49(104-26-30)46(68)42(39)64/h28-36,83H,4-27H2,1-3H3,(H,90,98)(H,91,100)(H,92,99)(H,93,102)(H,94,101)(H,95,103)(H4,71,72,84)(H4,73,74,85)(H4,75,76,86)(H4,77,78,87)(H4,79,80,88)(H4,81,82,89). The number of benzene rings is 2. The Morgan fingerprint density at radius 2 is 0.724 bits per heavy atom. The molecule has 3 aliphatic rings. The average Bonchev–Trinajstić information content (AvgIpc) is 0.747. The Bertz CT molecular complexity index is 3460. The molecule has 2 aromatic carbocycles. The molecule has 0 saturated carbocycles. The minimum Gasteiger partial charge on any atom is -0.370 e. The summed E-state index contributed by atoms with van der Waals surface area (Å²) in [4.78, 5) is 136. The van der Waals surface area contributed by atoms with Crippen LogP contribution in [0.15, 0.2) is 39.7 Å². The highest BCUT2D eigenvalue weighted by Gasteiger charge is 2.38. The molecule has 0 aliphatic carbocycles. The minimum absolute atomic E-state index is 0.00368. The van der Waals surface area contributed by atoms with Crippen LogP contribution in [0.4, 0.5) is 35.1 Å². The maximum atomic E-state index is 16.4. The number of ketones is 2. The van der Waals surface area contributed by atoms with E-state index < -0.39 is 199 Å². The molecule has 2 aromatic rings. The van der Waals surface area contributed by atoms with Gasteiger partial charge in [-0.3, -0.25) is 68.3 Å². The predicted molar refractivity (Wildman–Crippen MR) is 384 cm³/mol. The molecule has 3 heterocycles. The molecule has 31 N–H and O–H groups in total. The number of nitrogens with one attached hydrogen (secondary N) is 7. The van der Waals surface area contributed by atoms with Gasteiger partial charge in [-0.25, -0.2) is 35.1 Å². The zero-order valence-electron chi connectivity index (χ0n) is 58.4. The smallest absolute Gasteiger partial charge is 0.243 e. The van der Waals surface area contributed by atoms with Crippen molar-refractivity contribution in [3.8, 4) is 11.1 Å². The zero-order chi connectivity index (χ0) is 78.8. The van der Waals surface area contributed by atoms with Gasteiger partial charge in [0, 0.05) is 75.1 Å². The third kappa shape index (κ3) is 30.5. The van der Waals surface area contributed by atoms with Crippen LogP contribution in [0.1, 0.15) is 110 Å². The van der Waals surface area contributed by atoms with Crippen molar-refractivity contribution >= 4 is 106 Å². The summed E-state index contributed by atoms with van der Waals surface area (Å²) in [6.07, 6.45) is -2.66. The Balaban J connectivity index is 2.47. The molecule has 5 rings (SSSR count). The molecule has 3 aliphatic heterocycles. The second kappa shape index (κ2) is 45.5. The summed E-state index contributed by atoms with van der Waals surface area (Å²) >= 11 is 0.0273. The van der Waals surface area contributed by atoms with Gasteiger partial charge < -0.3 is 106 Å². The van der Waals surface area contributed by atoms with E-state index in [-0.39, 0.29) is 182 Å². The quantitative estimate of drug-likeness (QED) is 0.0142. The molecule has 0 aromatic heterocycles. The lowest BCUT2D eigenvalue weighted by Crippen LogP contribution is -2.59. The largest absolute Gasteiger partial charge is 0.370 e. The monoisotopic (exact) mass is 1540 g/mol. The van der Waals surface area contributed by atoms with E-state index in [4.69, 9.17) is 68.8 Å². The summed E-state index contributed by atoms with van der Waals surface area (Å²) in [6, 6.07) is -8.98. The van der Waals surface area contributed by atoms with Crippen molar-refractivity contribution in [3.63, 3.8) is 0 Å². The molecule has 6 amide bonds. The van der Waals surface area contributed by atoms with E-state index in [0.29, 0.717) is 0 Å². The summed E-state index contributed by atoms with van der Waals surface area (Å²) in [5.41, 5.74) is 62.5. The van der Waals surface area contributed by atoms with Crippen LogP contribution in [-0.4, -0.2) is 183 Å². The Hall–Kier alpha value is -9.68. The van der Waals surface area contributed by atoms with E-state index >= 15 is 35.1 Å². The van der Waals surface area contributed by atoms with Crippen LogP contribution in [0.25, 0.3) is 11.1 Å². The highest BCUT2D eigenvalue weighted by atomic mass is 32.2. The second-order valence-electron chi connectivity index (χ2n) is 24.5. The van der Waals surface area contributed by atoms with E-state index in [2.05, 4.69) is 67.2 Å². The lowest BCUT2D eigenvalue weighted by Gasteiger charge is -2.28. The van der Waals surface area contributed by atoms with Crippen LogP contribution in [0, 0.1) is 64.3 Å². The van der Waals surface area contributed by atoms with Gasteiger partial charge in [0.05, 0.1) is 39.4 Å². The molecule has 0 radical (unpaired) electrons. The van der Waals surface area contributed by atoms with Gasteiger partial charge in [-0.05, 0) is 96.9 Å². The first-order valence-electron chi connectivity index (χ1n) is 33.3. The van der Waals surface area contributed by atoms with E-state index in [1.807, 2.05) is 0 Å².